The van der Waals surface area contributed by atoms with E-state index in [2.05, 4.69) is 10.3 Å². The zero-order valence-electron chi connectivity index (χ0n) is 9.84. The summed E-state index contributed by atoms with van der Waals surface area (Å²) < 4.78 is 0. The van der Waals surface area contributed by atoms with Crippen LogP contribution in [0.15, 0.2) is 11.7 Å². The van der Waals surface area contributed by atoms with E-state index in [0.29, 0.717) is 13.0 Å². The summed E-state index contributed by atoms with van der Waals surface area (Å²) in [5.74, 6) is -0.0889. The largest absolute Gasteiger partial charge is 0.343 e. The molecule has 1 N–H and O–H groups in total. The second-order valence-corrected chi connectivity index (χ2v) is 5.05. The molecule has 2 unspecified atom stereocenters. The molecule has 1 fully saturated rings. The van der Waals surface area contributed by atoms with Crippen molar-refractivity contribution in [2.75, 3.05) is 0 Å². The van der Waals surface area contributed by atoms with Crippen LogP contribution < -0.4 is 5.32 Å². The first-order valence-electron chi connectivity index (χ1n) is 5.61. The SMILES string of the molecule is CCC1NC(=O)C(C)N(Cc2cncs2)C1=O. The Morgan fingerprint density at radius 2 is 2.29 bits per heavy atom. The minimum Gasteiger partial charge on any atom is -0.343 e. The van der Waals surface area contributed by atoms with Crippen molar-refractivity contribution in [2.24, 2.45) is 0 Å². The van der Waals surface area contributed by atoms with Crippen LogP contribution in [0.2, 0.25) is 0 Å². The van der Waals surface area contributed by atoms with Crippen molar-refractivity contribution in [1.82, 2.24) is 15.2 Å². The Hall–Kier alpha value is -1.43. The Morgan fingerprint density at radius 3 is 2.88 bits per heavy atom. The molecule has 0 aromatic carbocycles. The molecule has 1 aromatic heterocycles. The number of nitrogens with zero attached hydrogens (tertiary/aromatic N) is 2. The molecule has 2 amide bonds. The maximum Gasteiger partial charge on any atom is 0.246 e. The van der Waals surface area contributed by atoms with E-state index in [4.69, 9.17) is 0 Å². The number of rotatable bonds is 3. The summed E-state index contributed by atoms with van der Waals surface area (Å²) in [7, 11) is 0. The summed E-state index contributed by atoms with van der Waals surface area (Å²) in [6.45, 7) is 4.11. The standard InChI is InChI=1S/C11H15N3O2S/c1-3-9-11(16)14(7(2)10(15)13-9)5-8-4-12-6-17-8/h4,6-7,9H,3,5H2,1-2H3,(H,13,15). The van der Waals surface area contributed by atoms with Crippen LogP contribution in [-0.4, -0.2) is 33.8 Å². The molecule has 92 valence electrons. The normalized spacial score (nSPS) is 24.9. The van der Waals surface area contributed by atoms with Gasteiger partial charge >= 0.3 is 0 Å². The number of carbonyl (C=O) groups is 2. The number of carbonyl (C=O) groups excluding carboxylic acids is 2. The highest BCUT2D eigenvalue weighted by atomic mass is 32.1. The van der Waals surface area contributed by atoms with Crippen LogP contribution in [-0.2, 0) is 16.1 Å². The van der Waals surface area contributed by atoms with Crippen molar-refractivity contribution in [3.05, 3.63) is 16.6 Å². The summed E-state index contributed by atoms with van der Waals surface area (Å²) in [6, 6.07) is -0.793. The van der Waals surface area contributed by atoms with Crippen molar-refractivity contribution < 1.29 is 9.59 Å². The van der Waals surface area contributed by atoms with Crippen molar-refractivity contribution in [3.8, 4) is 0 Å². The van der Waals surface area contributed by atoms with Gasteiger partial charge in [0.1, 0.15) is 12.1 Å². The topological polar surface area (TPSA) is 62.3 Å². The van der Waals surface area contributed by atoms with Crippen LogP contribution in [0.4, 0.5) is 0 Å². The molecule has 1 aromatic rings. The summed E-state index contributed by atoms with van der Waals surface area (Å²) in [5.41, 5.74) is 1.73. The lowest BCUT2D eigenvalue weighted by Gasteiger charge is -2.36. The van der Waals surface area contributed by atoms with Crippen molar-refractivity contribution in [1.29, 1.82) is 0 Å². The molecule has 0 radical (unpaired) electrons. The van der Waals surface area contributed by atoms with Gasteiger partial charge in [0, 0.05) is 11.1 Å². The minimum atomic E-state index is -0.410. The lowest BCUT2D eigenvalue weighted by atomic mass is 10.1. The molecule has 0 saturated carbocycles. The first-order valence-corrected chi connectivity index (χ1v) is 6.49. The van der Waals surface area contributed by atoms with Crippen LogP contribution in [0.1, 0.15) is 25.1 Å². The first kappa shape index (κ1) is 12.0. The van der Waals surface area contributed by atoms with E-state index in [9.17, 15) is 9.59 Å². The maximum absolute atomic E-state index is 12.1. The van der Waals surface area contributed by atoms with Crippen LogP contribution in [0.5, 0.6) is 0 Å². The Labute approximate surface area is 104 Å². The molecule has 6 heteroatoms. The second kappa shape index (κ2) is 4.83. The number of hydrogen-bond donors (Lipinski definition) is 1. The van der Waals surface area contributed by atoms with Gasteiger partial charge < -0.3 is 10.2 Å². The van der Waals surface area contributed by atoms with E-state index in [1.807, 2.05) is 6.92 Å². The zero-order valence-corrected chi connectivity index (χ0v) is 10.7. The number of amides is 2. The Kier molecular flexibility index (Phi) is 3.42. The summed E-state index contributed by atoms with van der Waals surface area (Å²) in [4.78, 5) is 30.5. The van der Waals surface area contributed by atoms with Crippen LogP contribution in [0.25, 0.3) is 0 Å². The molecule has 5 nitrogen and oxygen atoms in total. The fourth-order valence-electron chi connectivity index (χ4n) is 1.87. The van der Waals surface area contributed by atoms with Crippen LogP contribution in [0, 0.1) is 0 Å². The van der Waals surface area contributed by atoms with Crippen molar-refractivity contribution in [3.63, 3.8) is 0 Å². The fourth-order valence-corrected chi connectivity index (χ4v) is 2.46. The van der Waals surface area contributed by atoms with Gasteiger partial charge in [-0.05, 0) is 13.3 Å². The Morgan fingerprint density at radius 1 is 1.53 bits per heavy atom. The molecule has 1 saturated heterocycles. The Bertz CT molecular complexity index is 418. The highest BCUT2D eigenvalue weighted by Crippen LogP contribution is 2.17. The van der Waals surface area contributed by atoms with Gasteiger partial charge in [0.15, 0.2) is 0 Å². The third kappa shape index (κ3) is 2.31. The predicted octanol–water partition coefficient (Wildman–Crippen LogP) is 0.769. The van der Waals surface area contributed by atoms with Crippen molar-refractivity contribution >= 4 is 23.2 Å². The van der Waals surface area contributed by atoms with Gasteiger partial charge in [0.05, 0.1) is 12.1 Å². The third-order valence-corrected chi connectivity index (χ3v) is 3.73. The number of nitrogens with one attached hydrogen (secondary N) is 1. The van der Waals surface area contributed by atoms with Gasteiger partial charge in [-0.15, -0.1) is 11.3 Å². The zero-order chi connectivity index (χ0) is 12.4. The molecule has 0 aliphatic carbocycles. The fraction of sp³-hybridized carbons (Fsp3) is 0.545. The van der Waals surface area contributed by atoms with Gasteiger partial charge in [-0.3, -0.25) is 14.6 Å². The van der Waals surface area contributed by atoms with E-state index < -0.39 is 6.04 Å². The number of hydrogen-bond acceptors (Lipinski definition) is 4. The molecular weight excluding hydrogens is 238 g/mol. The van der Waals surface area contributed by atoms with Gasteiger partial charge in [-0.1, -0.05) is 6.92 Å². The molecule has 0 bridgehead atoms. The average Bonchev–Trinajstić information content (AvgIpc) is 2.82. The van der Waals surface area contributed by atoms with Crippen LogP contribution in [0.3, 0.4) is 0 Å². The van der Waals surface area contributed by atoms with Crippen molar-refractivity contribution in [2.45, 2.75) is 38.9 Å². The quantitative estimate of drug-likeness (QED) is 0.865. The Balaban J connectivity index is 2.17. The van der Waals surface area contributed by atoms with E-state index in [1.165, 1.54) is 11.3 Å². The minimum absolute atomic E-state index is 0.00648. The predicted molar refractivity (Wildman–Crippen MR) is 64.3 cm³/mol. The van der Waals surface area contributed by atoms with E-state index in [1.54, 1.807) is 23.5 Å². The monoisotopic (exact) mass is 253 g/mol. The summed E-state index contributed by atoms with van der Waals surface area (Å²) in [5, 5.41) is 2.73. The van der Waals surface area contributed by atoms with Crippen LogP contribution >= 0.6 is 11.3 Å². The highest BCUT2D eigenvalue weighted by molar-refractivity contribution is 7.09. The molecule has 1 aliphatic rings. The molecule has 2 atom stereocenters. The maximum atomic E-state index is 12.1. The lowest BCUT2D eigenvalue weighted by molar-refractivity contribution is -0.149. The highest BCUT2D eigenvalue weighted by Gasteiger charge is 2.37. The first-order chi connectivity index (χ1) is 8.13. The van der Waals surface area contributed by atoms with E-state index in [-0.39, 0.29) is 17.9 Å². The third-order valence-electron chi connectivity index (χ3n) is 2.96. The van der Waals surface area contributed by atoms with Gasteiger partial charge in [-0.2, -0.15) is 0 Å². The summed E-state index contributed by atoms with van der Waals surface area (Å²) >= 11 is 1.49. The van der Waals surface area contributed by atoms with E-state index >= 15 is 0 Å². The van der Waals surface area contributed by atoms with Gasteiger partial charge in [0.25, 0.3) is 0 Å². The van der Waals surface area contributed by atoms with Gasteiger partial charge in [0.2, 0.25) is 11.8 Å². The lowest BCUT2D eigenvalue weighted by Crippen LogP contribution is -2.61. The molecule has 17 heavy (non-hydrogen) atoms. The summed E-state index contributed by atoms with van der Waals surface area (Å²) in [6.07, 6.45) is 2.36. The molecule has 2 rings (SSSR count). The second-order valence-electron chi connectivity index (χ2n) is 4.08. The number of aromatic nitrogens is 1. The van der Waals surface area contributed by atoms with E-state index in [0.717, 1.165) is 4.88 Å². The smallest absolute Gasteiger partial charge is 0.246 e. The average molecular weight is 253 g/mol. The molecule has 2 heterocycles. The number of thiazole rings is 1. The van der Waals surface area contributed by atoms with Gasteiger partial charge in [-0.25, -0.2) is 0 Å². The molecule has 0 spiro atoms. The molecule has 1 aliphatic heterocycles. The number of piperazine rings is 1. The molecular formula is C11H15N3O2S.